The van der Waals surface area contributed by atoms with Crippen molar-refractivity contribution in [1.82, 2.24) is 14.9 Å². The zero-order valence-corrected chi connectivity index (χ0v) is 17.5. The van der Waals surface area contributed by atoms with E-state index in [4.69, 9.17) is 4.74 Å². The Hall–Kier alpha value is -3.81. The van der Waals surface area contributed by atoms with Crippen molar-refractivity contribution in [2.75, 3.05) is 31.1 Å². The van der Waals surface area contributed by atoms with Crippen molar-refractivity contribution in [1.29, 1.82) is 0 Å². The van der Waals surface area contributed by atoms with Gasteiger partial charge in [-0.05, 0) is 43.3 Å². The van der Waals surface area contributed by atoms with Crippen LogP contribution in [0.25, 0.3) is 6.08 Å². The number of amides is 1. The molecular weight excluding hydrogens is 414 g/mol. The molecule has 6 nitrogen and oxygen atoms in total. The molecule has 1 aliphatic rings. The number of piperazine rings is 1. The number of halogens is 2. The van der Waals surface area contributed by atoms with Crippen LogP contribution in [-0.2, 0) is 4.79 Å². The quantitative estimate of drug-likeness (QED) is 0.561. The number of hydrogen-bond acceptors (Lipinski definition) is 5. The van der Waals surface area contributed by atoms with E-state index in [1.165, 1.54) is 12.2 Å². The average Bonchev–Trinajstić information content (AvgIpc) is 2.80. The topological polar surface area (TPSA) is 58.6 Å². The summed E-state index contributed by atoms with van der Waals surface area (Å²) in [5, 5.41) is 0. The average molecular weight is 436 g/mol. The molecule has 0 atom stereocenters. The third-order valence-electron chi connectivity index (χ3n) is 5.05. The number of hydrogen-bond donors (Lipinski definition) is 0. The molecule has 1 aromatic heterocycles. The van der Waals surface area contributed by atoms with Crippen LogP contribution in [0.5, 0.6) is 11.6 Å². The van der Waals surface area contributed by atoms with Crippen molar-refractivity contribution >= 4 is 17.8 Å². The Balaban J connectivity index is 1.38. The second kappa shape index (κ2) is 9.55. The molecule has 2 aromatic carbocycles. The molecule has 8 heteroatoms. The second-order valence-electron chi connectivity index (χ2n) is 7.34. The predicted molar refractivity (Wildman–Crippen MR) is 117 cm³/mol. The van der Waals surface area contributed by atoms with Crippen molar-refractivity contribution in [2.24, 2.45) is 0 Å². The zero-order chi connectivity index (χ0) is 22.5. The number of carbonyl (C=O) groups is 1. The van der Waals surface area contributed by atoms with E-state index in [9.17, 15) is 13.6 Å². The second-order valence-corrected chi connectivity index (χ2v) is 7.34. The molecule has 1 aliphatic heterocycles. The highest BCUT2D eigenvalue weighted by molar-refractivity contribution is 5.92. The number of para-hydroxylation sites is 1. The third kappa shape index (κ3) is 5.26. The number of carbonyl (C=O) groups excluding carboxylic acids is 1. The van der Waals surface area contributed by atoms with Crippen molar-refractivity contribution < 1.29 is 18.3 Å². The lowest BCUT2D eigenvalue weighted by atomic mass is 10.2. The fourth-order valence-corrected chi connectivity index (χ4v) is 3.41. The van der Waals surface area contributed by atoms with Gasteiger partial charge in [0, 0.05) is 43.9 Å². The number of rotatable bonds is 5. The molecule has 164 valence electrons. The molecule has 0 radical (unpaired) electrons. The van der Waals surface area contributed by atoms with Crippen LogP contribution in [0.4, 0.5) is 14.6 Å². The monoisotopic (exact) mass is 436 g/mol. The van der Waals surface area contributed by atoms with Crippen molar-refractivity contribution in [3.63, 3.8) is 0 Å². The number of aryl methyl sites for hydroxylation is 1. The van der Waals surface area contributed by atoms with Gasteiger partial charge in [-0.2, -0.15) is 4.98 Å². The summed E-state index contributed by atoms with van der Waals surface area (Å²) in [4.78, 5) is 25.1. The minimum absolute atomic E-state index is 0.0411. The number of aromatic nitrogens is 2. The molecule has 2 heterocycles. The summed E-state index contributed by atoms with van der Waals surface area (Å²) in [7, 11) is 0. The zero-order valence-electron chi connectivity index (χ0n) is 17.5. The molecule has 0 unspecified atom stereocenters. The van der Waals surface area contributed by atoms with Crippen LogP contribution in [-0.4, -0.2) is 47.0 Å². The normalized spacial score (nSPS) is 14.1. The Bertz CT molecular complexity index is 1130. The van der Waals surface area contributed by atoms with Gasteiger partial charge in [0.15, 0.2) is 0 Å². The van der Waals surface area contributed by atoms with Crippen LogP contribution in [0.1, 0.15) is 11.4 Å². The number of nitrogens with zero attached hydrogens (tertiary/aromatic N) is 4. The standard InChI is InChI=1S/C24H22F2N4O2/c1-17-27-22(16-23(28-17)32-20-5-3-2-4-6-20)29-11-13-30(14-12-29)24(31)10-7-18-15-19(25)8-9-21(18)26/h2-10,15-16H,11-14H2,1H3/b10-7+. The lowest BCUT2D eigenvalue weighted by Crippen LogP contribution is -2.48. The summed E-state index contributed by atoms with van der Waals surface area (Å²) in [6.45, 7) is 3.92. The molecule has 0 bridgehead atoms. The molecule has 0 saturated carbocycles. The largest absolute Gasteiger partial charge is 0.439 e. The molecule has 0 N–H and O–H groups in total. The van der Waals surface area contributed by atoms with Crippen LogP contribution in [0.3, 0.4) is 0 Å². The van der Waals surface area contributed by atoms with Crippen molar-refractivity contribution in [2.45, 2.75) is 6.92 Å². The van der Waals surface area contributed by atoms with E-state index in [-0.39, 0.29) is 11.5 Å². The fourth-order valence-electron chi connectivity index (χ4n) is 3.41. The van der Waals surface area contributed by atoms with Crippen LogP contribution in [0, 0.1) is 18.6 Å². The maximum Gasteiger partial charge on any atom is 0.246 e. The molecule has 1 amide bonds. The van der Waals surface area contributed by atoms with Crippen molar-refractivity contribution in [3.8, 4) is 11.6 Å². The molecule has 4 rings (SSSR count). The lowest BCUT2D eigenvalue weighted by Gasteiger charge is -2.35. The highest BCUT2D eigenvalue weighted by Gasteiger charge is 2.21. The molecular formula is C24H22F2N4O2. The summed E-state index contributed by atoms with van der Waals surface area (Å²) in [6, 6.07) is 14.3. The van der Waals surface area contributed by atoms with Gasteiger partial charge in [0.25, 0.3) is 0 Å². The highest BCUT2D eigenvalue weighted by atomic mass is 19.1. The molecule has 1 saturated heterocycles. The first-order valence-corrected chi connectivity index (χ1v) is 10.2. The summed E-state index contributed by atoms with van der Waals surface area (Å²) < 4.78 is 32.9. The van der Waals surface area contributed by atoms with E-state index >= 15 is 0 Å². The van der Waals surface area contributed by atoms with E-state index in [1.54, 1.807) is 17.9 Å². The first-order chi connectivity index (χ1) is 15.5. The fraction of sp³-hybridized carbons (Fsp3) is 0.208. The minimum Gasteiger partial charge on any atom is -0.439 e. The van der Waals surface area contributed by atoms with E-state index in [0.29, 0.717) is 43.6 Å². The van der Waals surface area contributed by atoms with E-state index in [1.807, 2.05) is 30.3 Å². The van der Waals surface area contributed by atoms with Gasteiger partial charge in [0.2, 0.25) is 11.8 Å². The smallest absolute Gasteiger partial charge is 0.246 e. The van der Waals surface area contributed by atoms with E-state index < -0.39 is 11.6 Å². The van der Waals surface area contributed by atoms with Gasteiger partial charge >= 0.3 is 0 Å². The van der Waals surface area contributed by atoms with E-state index in [0.717, 1.165) is 24.0 Å². The number of anilines is 1. The summed E-state index contributed by atoms with van der Waals surface area (Å²) in [5.74, 6) is 1.08. The first kappa shape index (κ1) is 21.4. The Morgan fingerprint density at radius 1 is 1.00 bits per heavy atom. The summed E-state index contributed by atoms with van der Waals surface area (Å²) in [6.07, 6.45) is 2.57. The first-order valence-electron chi connectivity index (χ1n) is 10.2. The summed E-state index contributed by atoms with van der Waals surface area (Å²) >= 11 is 0. The van der Waals surface area contributed by atoms with Gasteiger partial charge < -0.3 is 14.5 Å². The molecule has 3 aromatic rings. The van der Waals surface area contributed by atoms with Gasteiger partial charge in [-0.3, -0.25) is 4.79 Å². The maximum absolute atomic E-state index is 13.7. The lowest BCUT2D eigenvalue weighted by molar-refractivity contribution is -0.126. The van der Waals surface area contributed by atoms with Crippen LogP contribution in [0.15, 0.2) is 60.7 Å². The van der Waals surface area contributed by atoms with Gasteiger partial charge in [-0.1, -0.05) is 18.2 Å². The van der Waals surface area contributed by atoms with Gasteiger partial charge in [0.1, 0.15) is 29.0 Å². The van der Waals surface area contributed by atoms with Crippen molar-refractivity contribution in [3.05, 3.63) is 83.7 Å². The Morgan fingerprint density at radius 3 is 2.50 bits per heavy atom. The van der Waals surface area contributed by atoms with Gasteiger partial charge in [0.05, 0.1) is 0 Å². The maximum atomic E-state index is 13.7. The molecule has 32 heavy (non-hydrogen) atoms. The summed E-state index contributed by atoms with van der Waals surface area (Å²) in [5.41, 5.74) is 0.0411. The minimum atomic E-state index is -0.576. The Morgan fingerprint density at radius 2 is 1.75 bits per heavy atom. The number of benzene rings is 2. The Labute approximate surface area is 184 Å². The molecule has 0 aliphatic carbocycles. The van der Waals surface area contributed by atoms with Crippen LogP contribution >= 0.6 is 0 Å². The van der Waals surface area contributed by atoms with Gasteiger partial charge in [-0.15, -0.1) is 0 Å². The Kier molecular flexibility index (Phi) is 6.39. The predicted octanol–water partition coefficient (Wildman–Crippen LogP) is 4.22. The third-order valence-corrected chi connectivity index (χ3v) is 5.05. The van der Waals surface area contributed by atoms with Crippen LogP contribution < -0.4 is 9.64 Å². The van der Waals surface area contributed by atoms with E-state index in [2.05, 4.69) is 14.9 Å². The van der Waals surface area contributed by atoms with Crippen LogP contribution in [0.2, 0.25) is 0 Å². The molecule has 0 spiro atoms. The van der Waals surface area contributed by atoms with Gasteiger partial charge in [-0.25, -0.2) is 13.8 Å². The highest BCUT2D eigenvalue weighted by Crippen LogP contribution is 2.24. The molecule has 1 fully saturated rings. The number of ether oxygens (including phenoxy) is 1. The SMILES string of the molecule is Cc1nc(Oc2ccccc2)cc(N2CCN(C(=O)/C=C/c3cc(F)ccc3F)CC2)n1.